The van der Waals surface area contributed by atoms with Gasteiger partial charge < -0.3 is 14.6 Å². The Morgan fingerprint density at radius 1 is 0.972 bits per heavy atom. The number of hydrogen-bond donors (Lipinski definition) is 0. The maximum absolute atomic E-state index is 12.5. The van der Waals surface area contributed by atoms with Gasteiger partial charge in [-0.3, -0.25) is 14.5 Å². The van der Waals surface area contributed by atoms with Crippen LogP contribution in [-0.4, -0.2) is 104 Å². The molecule has 5 rings (SSSR count). The van der Waals surface area contributed by atoms with Crippen molar-refractivity contribution in [3.05, 3.63) is 29.3 Å². The summed E-state index contributed by atoms with van der Waals surface area (Å²) in [4.78, 5) is 47.3. The first kappa shape index (κ1) is 25.0. The van der Waals surface area contributed by atoms with E-state index in [1.807, 2.05) is 0 Å². The van der Waals surface area contributed by atoms with Crippen molar-refractivity contribution in [1.29, 1.82) is 0 Å². The zero-order chi connectivity index (χ0) is 25.6. The second kappa shape index (κ2) is 9.64. The zero-order valence-electron chi connectivity index (χ0n) is 20.8. The number of carbonyl (C=O) groups is 3. The van der Waals surface area contributed by atoms with Crippen molar-refractivity contribution in [1.82, 2.24) is 19.2 Å². The van der Waals surface area contributed by atoms with Crippen LogP contribution in [0.25, 0.3) is 0 Å². The molecule has 4 aliphatic rings. The first-order chi connectivity index (χ1) is 17.1. The van der Waals surface area contributed by atoms with E-state index >= 15 is 0 Å². The molecular weight excluding hydrogens is 486 g/mol. The molecule has 1 aromatic rings. The molecule has 1 aromatic carbocycles. The molecule has 0 saturated carbocycles. The molecule has 196 valence electrons. The van der Waals surface area contributed by atoms with Gasteiger partial charge in [0.25, 0.3) is 11.8 Å². The number of amides is 3. The Morgan fingerprint density at radius 2 is 1.58 bits per heavy atom. The minimum Gasteiger partial charge on any atom is -0.369 e. The topological polar surface area (TPSA) is 111 Å². The van der Waals surface area contributed by atoms with Gasteiger partial charge in [-0.2, -0.15) is 4.31 Å². The van der Waals surface area contributed by atoms with Gasteiger partial charge in [-0.05, 0) is 36.0 Å². The first-order valence-corrected chi connectivity index (χ1v) is 14.3. The SMILES string of the molecule is Cc1c(CN2CC3CN(C(=O)ON4C(=O)CCC4=O)CC3C2)cccc1N1CCN(S(C)(=O)=O)CC1. The highest BCUT2D eigenvalue weighted by Gasteiger charge is 2.43. The van der Waals surface area contributed by atoms with Crippen LogP contribution in [0.1, 0.15) is 24.0 Å². The Bertz CT molecular complexity index is 1140. The summed E-state index contributed by atoms with van der Waals surface area (Å²) in [6.45, 7) is 8.13. The van der Waals surface area contributed by atoms with Crippen molar-refractivity contribution in [3.63, 3.8) is 0 Å². The number of fused-ring (bicyclic) bond motifs is 1. The molecule has 0 aromatic heterocycles. The van der Waals surface area contributed by atoms with Crippen molar-refractivity contribution < 1.29 is 27.6 Å². The van der Waals surface area contributed by atoms with E-state index in [1.54, 1.807) is 4.90 Å². The van der Waals surface area contributed by atoms with Gasteiger partial charge in [0.1, 0.15) is 0 Å². The lowest BCUT2D eigenvalue weighted by molar-refractivity contribution is -0.173. The number of anilines is 1. The Kier molecular flexibility index (Phi) is 6.69. The monoisotopic (exact) mass is 519 g/mol. The van der Waals surface area contributed by atoms with E-state index in [0.29, 0.717) is 56.2 Å². The van der Waals surface area contributed by atoms with E-state index in [2.05, 4.69) is 34.9 Å². The van der Waals surface area contributed by atoms with Gasteiger partial charge in [0, 0.05) is 77.4 Å². The fraction of sp³-hybridized carbons (Fsp3) is 0.625. The number of benzene rings is 1. The van der Waals surface area contributed by atoms with Gasteiger partial charge in [0.05, 0.1) is 6.26 Å². The minimum atomic E-state index is -3.16. The number of nitrogens with zero attached hydrogens (tertiary/aromatic N) is 5. The molecule has 2 unspecified atom stereocenters. The van der Waals surface area contributed by atoms with Gasteiger partial charge in [0.2, 0.25) is 10.0 Å². The zero-order valence-corrected chi connectivity index (χ0v) is 21.6. The number of imide groups is 1. The number of likely N-dealkylation sites (tertiary alicyclic amines) is 2. The van der Waals surface area contributed by atoms with E-state index in [4.69, 9.17) is 4.84 Å². The Balaban J connectivity index is 1.15. The molecule has 0 N–H and O–H groups in total. The molecule has 0 radical (unpaired) electrons. The third-order valence-electron chi connectivity index (χ3n) is 7.85. The van der Waals surface area contributed by atoms with Gasteiger partial charge in [0.15, 0.2) is 0 Å². The summed E-state index contributed by atoms with van der Waals surface area (Å²) < 4.78 is 25.2. The molecule has 2 atom stereocenters. The van der Waals surface area contributed by atoms with Gasteiger partial charge in [-0.25, -0.2) is 13.2 Å². The summed E-state index contributed by atoms with van der Waals surface area (Å²) in [7, 11) is -3.16. The predicted molar refractivity (Wildman–Crippen MR) is 131 cm³/mol. The lowest BCUT2D eigenvalue weighted by Crippen LogP contribution is -2.48. The molecule has 3 amide bonds. The molecule has 0 aliphatic carbocycles. The van der Waals surface area contributed by atoms with Crippen molar-refractivity contribution >= 4 is 33.6 Å². The van der Waals surface area contributed by atoms with Crippen molar-refractivity contribution in [2.24, 2.45) is 11.8 Å². The standard InChI is InChI=1S/C24H33N5O6S/c1-17-18(4-3-5-21(17)26-8-10-28(11-9-26)36(2,33)34)12-25-13-19-15-27(16-20(19)14-25)24(32)35-29-22(30)6-7-23(29)31/h3-5,19-20H,6-16H2,1-2H3. The van der Waals surface area contributed by atoms with Crippen molar-refractivity contribution in [2.75, 3.05) is 63.5 Å². The lowest BCUT2D eigenvalue weighted by atomic mass is 10.0. The summed E-state index contributed by atoms with van der Waals surface area (Å²) >= 11 is 0. The van der Waals surface area contributed by atoms with Crippen LogP contribution < -0.4 is 4.90 Å². The highest BCUT2D eigenvalue weighted by atomic mass is 32.2. The third kappa shape index (κ3) is 4.94. The summed E-state index contributed by atoms with van der Waals surface area (Å²) in [6, 6.07) is 6.32. The maximum Gasteiger partial charge on any atom is 0.434 e. The van der Waals surface area contributed by atoms with Crippen LogP contribution in [-0.2, 0) is 31.0 Å². The first-order valence-electron chi connectivity index (χ1n) is 12.4. The third-order valence-corrected chi connectivity index (χ3v) is 9.16. The van der Waals surface area contributed by atoms with E-state index in [1.165, 1.54) is 21.7 Å². The molecule has 36 heavy (non-hydrogen) atoms. The summed E-state index contributed by atoms with van der Waals surface area (Å²) in [5.74, 6) is -0.271. The molecule has 4 fully saturated rings. The van der Waals surface area contributed by atoms with Gasteiger partial charge in [-0.15, -0.1) is 5.06 Å². The smallest absolute Gasteiger partial charge is 0.369 e. The van der Waals surface area contributed by atoms with E-state index in [0.717, 1.165) is 25.3 Å². The van der Waals surface area contributed by atoms with Crippen molar-refractivity contribution in [3.8, 4) is 0 Å². The summed E-state index contributed by atoms with van der Waals surface area (Å²) in [5.41, 5.74) is 3.62. The Labute approximate surface area is 211 Å². The molecule has 4 aliphatic heterocycles. The molecule has 0 bridgehead atoms. The van der Waals surface area contributed by atoms with E-state index < -0.39 is 27.9 Å². The number of piperazine rings is 1. The predicted octanol–water partition coefficient (Wildman–Crippen LogP) is 0.641. The number of carbonyl (C=O) groups excluding carboxylic acids is 3. The summed E-state index contributed by atoms with van der Waals surface area (Å²) in [6.07, 6.45) is 0.810. The Hall–Kier alpha value is -2.70. The maximum atomic E-state index is 12.5. The number of hydrogen-bond acceptors (Lipinski definition) is 8. The highest BCUT2D eigenvalue weighted by molar-refractivity contribution is 7.88. The largest absolute Gasteiger partial charge is 0.434 e. The summed E-state index contributed by atoms with van der Waals surface area (Å²) in [5, 5.41) is 0.611. The van der Waals surface area contributed by atoms with Crippen LogP contribution >= 0.6 is 0 Å². The average Bonchev–Trinajstić information content (AvgIpc) is 3.49. The van der Waals surface area contributed by atoms with Crippen LogP contribution in [0.2, 0.25) is 0 Å². The molecular formula is C24H33N5O6S. The van der Waals surface area contributed by atoms with Gasteiger partial charge in [-0.1, -0.05) is 12.1 Å². The second-order valence-corrected chi connectivity index (χ2v) is 12.3. The molecule has 12 heteroatoms. The van der Waals surface area contributed by atoms with Crippen molar-refractivity contribution in [2.45, 2.75) is 26.3 Å². The number of hydroxylamine groups is 2. The number of sulfonamides is 1. The second-order valence-electron chi connectivity index (χ2n) is 10.3. The van der Waals surface area contributed by atoms with Crippen LogP contribution in [0.3, 0.4) is 0 Å². The van der Waals surface area contributed by atoms with Crippen LogP contribution in [0, 0.1) is 18.8 Å². The highest BCUT2D eigenvalue weighted by Crippen LogP contribution is 2.34. The van der Waals surface area contributed by atoms with Crippen LogP contribution in [0.5, 0.6) is 0 Å². The van der Waals surface area contributed by atoms with E-state index in [-0.39, 0.29) is 12.8 Å². The fourth-order valence-electron chi connectivity index (χ4n) is 5.85. The molecule has 11 nitrogen and oxygen atoms in total. The number of rotatable bonds is 5. The van der Waals surface area contributed by atoms with Crippen LogP contribution in [0.4, 0.5) is 10.5 Å². The lowest BCUT2D eigenvalue weighted by Gasteiger charge is -2.36. The average molecular weight is 520 g/mol. The minimum absolute atomic E-state index is 0.0871. The quantitative estimate of drug-likeness (QED) is 0.522. The Morgan fingerprint density at radius 3 is 2.17 bits per heavy atom. The van der Waals surface area contributed by atoms with Gasteiger partial charge >= 0.3 is 6.09 Å². The van der Waals surface area contributed by atoms with E-state index in [9.17, 15) is 22.8 Å². The molecule has 4 heterocycles. The fourth-order valence-corrected chi connectivity index (χ4v) is 6.67. The molecule has 0 spiro atoms. The molecule has 4 saturated heterocycles. The normalized spacial score (nSPS) is 25.7. The van der Waals surface area contributed by atoms with Crippen LogP contribution in [0.15, 0.2) is 18.2 Å².